The van der Waals surface area contributed by atoms with E-state index in [-0.39, 0.29) is 28.2 Å². The summed E-state index contributed by atoms with van der Waals surface area (Å²) in [5, 5.41) is 2.86. The molecule has 6 nitrogen and oxygen atoms in total. The lowest BCUT2D eigenvalue weighted by Crippen LogP contribution is -2.29. The lowest BCUT2D eigenvalue weighted by Gasteiger charge is -2.15. The van der Waals surface area contributed by atoms with Crippen LogP contribution in [0.25, 0.3) is 0 Å². The quantitative estimate of drug-likeness (QED) is 0.570. The molecule has 0 saturated carbocycles. The van der Waals surface area contributed by atoms with Crippen molar-refractivity contribution in [1.29, 1.82) is 0 Å². The van der Waals surface area contributed by atoms with Gasteiger partial charge in [-0.1, -0.05) is 55.3 Å². The highest BCUT2D eigenvalue weighted by Crippen LogP contribution is 2.28. The van der Waals surface area contributed by atoms with Crippen LogP contribution in [0, 0.1) is 0 Å². The van der Waals surface area contributed by atoms with Gasteiger partial charge in [-0.25, -0.2) is 13.1 Å². The third-order valence-corrected chi connectivity index (χ3v) is 5.89. The summed E-state index contributed by atoms with van der Waals surface area (Å²) in [6.07, 6.45) is 1.88. The van der Waals surface area contributed by atoms with E-state index in [2.05, 4.69) is 10.0 Å². The molecule has 0 aliphatic heterocycles. The average molecular weight is 425 g/mol. The minimum Gasteiger partial charge on any atom is -0.482 e. The van der Waals surface area contributed by atoms with Crippen LogP contribution in [0.3, 0.4) is 0 Å². The van der Waals surface area contributed by atoms with E-state index in [4.69, 9.17) is 16.3 Å². The van der Waals surface area contributed by atoms with Crippen molar-refractivity contribution in [3.63, 3.8) is 0 Å². The van der Waals surface area contributed by atoms with Crippen molar-refractivity contribution < 1.29 is 17.9 Å². The molecule has 0 spiro atoms. The Morgan fingerprint density at radius 2 is 1.89 bits per heavy atom. The highest BCUT2D eigenvalue weighted by molar-refractivity contribution is 7.89. The number of ether oxygens (including phenoxy) is 1. The molecule has 152 valence electrons. The van der Waals surface area contributed by atoms with Crippen molar-refractivity contribution >= 4 is 27.5 Å². The molecule has 0 aromatic heterocycles. The summed E-state index contributed by atoms with van der Waals surface area (Å²) in [5.74, 6) is 0.00179. The van der Waals surface area contributed by atoms with Gasteiger partial charge in [-0.3, -0.25) is 4.79 Å². The molecule has 0 radical (unpaired) electrons. The summed E-state index contributed by atoms with van der Waals surface area (Å²) < 4.78 is 33.2. The Labute approximate surface area is 171 Å². The van der Waals surface area contributed by atoms with Crippen LogP contribution >= 0.6 is 11.6 Å². The number of benzene rings is 2. The number of rotatable bonds is 10. The van der Waals surface area contributed by atoms with Gasteiger partial charge in [-0.2, -0.15) is 0 Å². The van der Waals surface area contributed by atoms with Gasteiger partial charge in [0.1, 0.15) is 5.75 Å². The number of carbonyl (C=O) groups is 1. The zero-order chi connectivity index (χ0) is 20.6. The molecule has 2 N–H and O–H groups in total. The second-order valence-corrected chi connectivity index (χ2v) is 8.46. The van der Waals surface area contributed by atoms with Gasteiger partial charge >= 0.3 is 0 Å². The molecule has 0 fully saturated rings. The van der Waals surface area contributed by atoms with E-state index in [0.717, 1.165) is 18.4 Å². The van der Waals surface area contributed by atoms with Crippen LogP contribution in [0.5, 0.6) is 5.75 Å². The monoisotopic (exact) mass is 424 g/mol. The fourth-order valence-electron chi connectivity index (χ4n) is 2.48. The number of sulfonamides is 1. The summed E-state index contributed by atoms with van der Waals surface area (Å²) in [7, 11) is -3.76. The van der Waals surface area contributed by atoms with E-state index in [1.165, 1.54) is 18.2 Å². The molecule has 28 heavy (non-hydrogen) atoms. The van der Waals surface area contributed by atoms with E-state index >= 15 is 0 Å². The van der Waals surface area contributed by atoms with Gasteiger partial charge in [0.25, 0.3) is 5.91 Å². The normalized spacial score (nSPS) is 12.4. The summed E-state index contributed by atoms with van der Waals surface area (Å²) in [4.78, 5) is 11.7. The van der Waals surface area contributed by atoms with Crippen molar-refractivity contribution in [3.05, 3.63) is 59.1 Å². The minimum absolute atomic E-state index is 0.0278. The number of amides is 1. The molecule has 1 atom stereocenters. The molecular formula is C20H25ClN2O4S. The Hall–Kier alpha value is -2.09. The van der Waals surface area contributed by atoms with Crippen LogP contribution in [-0.2, 0) is 14.8 Å². The molecule has 2 aromatic carbocycles. The molecule has 0 aliphatic carbocycles. The molecule has 0 unspecified atom stereocenters. The Morgan fingerprint density at radius 1 is 1.18 bits per heavy atom. The highest BCUT2D eigenvalue weighted by atomic mass is 35.5. The molecule has 0 bridgehead atoms. The zero-order valence-electron chi connectivity index (χ0n) is 15.9. The van der Waals surface area contributed by atoms with E-state index in [1.54, 1.807) is 6.92 Å². The van der Waals surface area contributed by atoms with E-state index < -0.39 is 16.1 Å². The second-order valence-electron chi connectivity index (χ2n) is 6.34. The van der Waals surface area contributed by atoms with Crippen LogP contribution < -0.4 is 14.8 Å². The summed E-state index contributed by atoms with van der Waals surface area (Å²) in [5.41, 5.74) is 0.853. The summed E-state index contributed by atoms with van der Waals surface area (Å²) in [6.45, 7) is 4.21. The molecule has 8 heteroatoms. The van der Waals surface area contributed by atoms with E-state index in [1.807, 2.05) is 37.3 Å². The Morgan fingerprint density at radius 3 is 2.54 bits per heavy atom. The number of unbranched alkanes of at least 4 members (excludes halogenated alkanes) is 1. The Balaban J connectivity index is 2.01. The molecule has 0 saturated heterocycles. The molecule has 0 aliphatic rings. The number of hydrogen-bond donors (Lipinski definition) is 2. The third-order valence-electron chi connectivity index (χ3n) is 4.06. The van der Waals surface area contributed by atoms with Crippen molar-refractivity contribution in [1.82, 2.24) is 10.0 Å². The smallest absolute Gasteiger partial charge is 0.257 e. The largest absolute Gasteiger partial charge is 0.482 e. The van der Waals surface area contributed by atoms with E-state index in [0.29, 0.717) is 6.54 Å². The van der Waals surface area contributed by atoms with Crippen molar-refractivity contribution in [2.24, 2.45) is 0 Å². The number of halogens is 1. The molecular weight excluding hydrogens is 400 g/mol. The fraction of sp³-hybridized carbons (Fsp3) is 0.350. The van der Waals surface area contributed by atoms with Crippen LogP contribution in [0.4, 0.5) is 0 Å². The van der Waals surface area contributed by atoms with Gasteiger partial charge in [0.15, 0.2) is 6.61 Å². The Kier molecular flexibility index (Phi) is 8.29. The summed E-state index contributed by atoms with van der Waals surface area (Å²) >= 11 is 6.15. The lowest BCUT2D eigenvalue weighted by atomic mass is 10.1. The lowest BCUT2D eigenvalue weighted by molar-refractivity contribution is -0.123. The van der Waals surface area contributed by atoms with Crippen molar-refractivity contribution in [3.8, 4) is 5.75 Å². The van der Waals surface area contributed by atoms with Gasteiger partial charge in [0.2, 0.25) is 10.0 Å². The molecule has 1 amide bonds. The number of nitrogens with one attached hydrogen (secondary N) is 2. The standard InChI is InChI=1S/C20H25ClN2O4S/c1-3-4-12-22-20(24)14-27-19-11-10-17(13-18(19)21)28(25,26)23-15(2)16-8-6-5-7-9-16/h5-11,13,15,23H,3-4,12,14H2,1-2H3,(H,22,24)/t15-/m0/s1. The molecule has 2 aromatic rings. The van der Waals surface area contributed by atoms with Crippen molar-refractivity contribution in [2.45, 2.75) is 37.6 Å². The van der Waals surface area contributed by atoms with Crippen LogP contribution in [-0.4, -0.2) is 27.5 Å². The molecule has 2 rings (SSSR count). The predicted octanol–water partition coefficient (Wildman–Crippen LogP) is 3.67. The number of carbonyl (C=O) groups excluding carboxylic acids is 1. The van der Waals surface area contributed by atoms with Crippen molar-refractivity contribution in [2.75, 3.05) is 13.2 Å². The maximum atomic E-state index is 12.6. The SMILES string of the molecule is CCCCNC(=O)COc1ccc(S(=O)(=O)N[C@@H](C)c2ccccc2)cc1Cl. The maximum absolute atomic E-state index is 12.6. The van der Waals surface area contributed by atoms with Gasteiger partial charge in [-0.05, 0) is 37.1 Å². The second kappa shape index (κ2) is 10.5. The Bertz CT molecular complexity index is 888. The van der Waals surface area contributed by atoms with E-state index in [9.17, 15) is 13.2 Å². The fourth-order valence-corrected chi connectivity index (χ4v) is 4.03. The average Bonchev–Trinajstić information content (AvgIpc) is 2.67. The zero-order valence-corrected chi connectivity index (χ0v) is 17.5. The summed E-state index contributed by atoms with van der Waals surface area (Å²) in [6, 6.07) is 13.0. The topological polar surface area (TPSA) is 84.5 Å². The van der Waals surface area contributed by atoms with Crippen LogP contribution in [0.2, 0.25) is 5.02 Å². The third kappa shape index (κ3) is 6.51. The van der Waals surface area contributed by atoms with Gasteiger partial charge in [-0.15, -0.1) is 0 Å². The van der Waals surface area contributed by atoms with Crippen LogP contribution in [0.1, 0.15) is 38.3 Å². The maximum Gasteiger partial charge on any atom is 0.257 e. The number of hydrogen-bond acceptors (Lipinski definition) is 4. The van der Waals surface area contributed by atoms with Gasteiger partial charge in [0.05, 0.1) is 9.92 Å². The highest BCUT2D eigenvalue weighted by Gasteiger charge is 2.20. The van der Waals surface area contributed by atoms with Crippen LogP contribution in [0.15, 0.2) is 53.4 Å². The first kappa shape index (κ1) is 22.2. The molecule has 0 heterocycles. The first-order valence-corrected chi connectivity index (χ1v) is 11.0. The minimum atomic E-state index is -3.76. The van der Waals surface area contributed by atoms with Gasteiger partial charge < -0.3 is 10.1 Å². The first-order valence-electron chi connectivity index (χ1n) is 9.10. The predicted molar refractivity (Wildman–Crippen MR) is 110 cm³/mol. The van der Waals surface area contributed by atoms with Gasteiger partial charge in [0, 0.05) is 12.6 Å². The first-order chi connectivity index (χ1) is 13.3.